The fraction of sp³-hybridized carbons (Fsp3) is 0.211. The van der Waals surface area contributed by atoms with Crippen molar-refractivity contribution in [1.29, 1.82) is 0 Å². The summed E-state index contributed by atoms with van der Waals surface area (Å²) in [5.74, 6) is 1.72. The molecule has 0 saturated carbocycles. The molecule has 25 heavy (non-hydrogen) atoms. The lowest BCUT2D eigenvalue weighted by molar-refractivity contribution is 0.547. The first-order valence-corrected chi connectivity index (χ1v) is 8.43. The van der Waals surface area contributed by atoms with Crippen LogP contribution in [0, 0.1) is 0 Å². The molecule has 1 aromatic carbocycles. The molecule has 1 atom stereocenters. The maximum Gasteiger partial charge on any atom is 0.173 e. The highest BCUT2D eigenvalue weighted by molar-refractivity contribution is 5.16. The number of hydrogen-bond acceptors (Lipinski definition) is 3. The Morgan fingerprint density at radius 3 is 2.60 bits per heavy atom. The topological polar surface area (TPSA) is 75.2 Å². The average molecular weight is 332 g/mol. The Bertz CT molecular complexity index is 877. The van der Waals surface area contributed by atoms with E-state index in [2.05, 4.69) is 49.0 Å². The van der Waals surface area contributed by atoms with Crippen molar-refractivity contribution in [3.8, 4) is 0 Å². The number of imidazole rings is 1. The first-order chi connectivity index (χ1) is 12.4. The molecule has 4 rings (SSSR count). The van der Waals surface area contributed by atoms with Crippen molar-refractivity contribution in [1.82, 2.24) is 29.7 Å². The minimum Gasteiger partial charge on any atom is -0.348 e. The van der Waals surface area contributed by atoms with E-state index in [1.807, 2.05) is 36.8 Å². The van der Waals surface area contributed by atoms with Crippen molar-refractivity contribution >= 4 is 0 Å². The fourth-order valence-corrected chi connectivity index (χ4v) is 2.97. The number of rotatable bonds is 7. The number of aromatic nitrogens is 6. The zero-order chi connectivity index (χ0) is 16.9. The molecule has 3 aromatic heterocycles. The van der Waals surface area contributed by atoms with E-state index in [-0.39, 0.29) is 6.04 Å². The number of nitrogens with one attached hydrogen (secondary N) is 2. The zero-order valence-electron chi connectivity index (χ0n) is 13.8. The predicted octanol–water partition coefficient (Wildman–Crippen LogP) is 2.95. The van der Waals surface area contributed by atoms with Gasteiger partial charge in [0, 0.05) is 37.1 Å². The summed E-state index contributed by atoms with van der Waals surface area (Å²) in [5, 5.41) is 7.57. The Labute approximate surface area is 146 Å². The highest BCUT2D eigenvalue weighted by atomic mass is 15.2. The Balaban J connectivity index is 1.51. The van der Waals surface area contributed by atoms with Crippen LogP contribution < -0.4 is 0 Å². The molecule has 4 aromatic rings. The van der Waals surface area contributed by atoms with Crippen LogP contribution in [0.2, 0.25) is 0 Å². The van der Waals surface area contributed by atoms with E-state index >= 15 is 0 Å². The van der Waals surface area contributed by atoms with Gasteiger partial charge >= 0.3 is 0 Å². The van der Waals surface area contributed by atoms with Crippen LogP contribution in [-0.2, 0) is 19.3 Å². The summed E-state index contributed by atoms with van der Waals surface area (Å²) in [5.41, 5.74) is 2.37. The molecule has 0 amide bonds. The van der Waals surface area contributed by atoms with E-state index in [1.54, 1.807) is 6.33 Å². The monoisotopic (exact) mass is 332 g/mol. The van der Waals surface area contributed by atoms with Gasteiger partial charge in [0.25, 0.3) is 0 Å². The van der Waals surface area contributed by atoms with E-state index in [0.29, 0.717) is 0 Å². The van der Waals surface area contributed by atoms with Crippen molar-refractivity contribution < 1.29 is 0 Å². The number of benzene rings is 1. The maximum atomic E-state index is 4.74. The molecule has 1 unspecified atom stereocenters. The Morgan fingerprint density at radius 2 is 1.84 bits per heavy atom. The van der Waals surface area contributed by atoms with Crippen molar-refractivity contribution in [2.45, 2.75) is 25.3 Å². The lowest BCUT2D eigenvalue weighted by atomic mass is 10.1. The summed E-state index contributed by atoms with van der Waals surface area (Å²) in [6.07, 6.45) is 10.2. The van der Waals surface area contributed by atoms with E-state index in [4.69, 9.17) is 4.98 Å². The van der Waals surface area contributed by atoms with Crippen molar-refractivity contribution in [2.75, 3.05) is 0 Å². The van der Waals surface area contributed by atoms with Crippen LogP contribution >= 0.6 is 0 Å². The van der Waals surface area contributed by atoms with Gasteiger partial charge in [0.2, 0.25) is 0 Å². The Kier molecular flexibility index (Phi) is 4.41. The summed E-state index contributed by atoms with van der Waals surface area (Å²) in [7, 11) is 0. The second-order valence-electron chi connectivity index (χ2n) is 6.05. The van der Waals surface area contributed by atoms with Crippen molar-refractivity contribution in [3.05, 3.63) is 90.3 Å². The number of nitrogens with zero attached hydrogens (tertiary/aromatic N) is 4. The van der Waals surface area contributed by atoms with Gasteiger partial charge in [0.15, 0.2) is 5.82 Å². The first kappa shape index (κ1) is 15.4. The van der Waals surface area contributed by atoms with Crippen molar-refractivity contribution in [2.24, 2.45) is 0 Å². The van der Waals surface area contributed by atoms with Gasteiger partial charge < -0.3 is 9.55 Å². The Hall–Kier alpha value is -3.15. The number of hydrogen-bond donors (Lipinski definition) is 2. The standard InChI is InChI=1S/C19H20N6/c1-2-6-15(7-3-1)8-9-18-22-19(24-23-18)17(25-10-4-5-11-25)12-16-13-20-14-21-16/h1-7,10-11,13-14,17H,8-9,12H2,(H,20,21)(H,22,23,24). The van der Waals surface area contributed by atoms with Crippen LogP contribution in [0.4, 0.5) is 0 Å². The molecule has 0 fully saturated rings. The fourth-order valence-electron chi connectivity index (χ4n) is 2.97. The molecule has 0 spiro atoms. The van der Waals surface area contributed by atoms with E-state index in [9.17, 15) is 0 Å². The molecule has 0 aliphatic heterocycles. The molecule has 0 bridgehead atoms. The summed E-state index contributed by atoms with van der Waals surface area (Å²) in [6.45, 7) is 0. The smallest absolute Gasteiger partial charge is 0.173 e. The molecular formula is C19H20N6. The second-order valence-corrected chi connectivity index (χ2v) is 6.05. The van der Waals surface area contributed by atoms with Crippen LogP contribution in [0.15, 0.2) is 67.4 Å². The minimum atomic E-state index is 0.0391. The molecule has 126 valence electrons. The van der Waals surface area contributed by atoms with Crippen LogP contribution in [0.5, 0.6) is 0 Å². The number of aromatic amines is 2. The molecular weight excluding hydrogens is 312 g/mol. The summed E-state index contributed by atoms with van der Waals surface area (Å²) in [4.78, 5) is 12.0. The van der Waals surface area contributed by atoms with Crippen LogP contribution in [-0.4, -0.2) is 29.7 Å². The molecule has 0 aliphatic rings. The van der Waals surface area contributed by atoms with E-state index < -0.39 is 0 Å². The third-order valence-electron chi connectivity index (χ3n) is 4.30. The lowest BCUT2D eigenvalue weighted by Crippen LogP contribution is -2.14. The minimum absolute atomic E-state index is 0.0391. The quantitative estimate of drug-likeness (QED) is 0.546. The van der Waals surface area contributed by atoms with Gasteiger partial charge in [-0.15, -0.1) is 0 Å². The van der Waals surface area contributed by atoms with Gasteiger partial charge in [0.05, 0.1) is 6.33 Å². The van der Waals surface area contributed by atoms with Crippen molar-refractivity contribution in [3.63, 3.8) is 0 Å². The van der Waals surface area contributed by atoms with E-state index in [1.165, 1.54) is 5.56 Å². The van der Waals surface area contributed by atoms with Gasteiger partial charge in [-0.1, -0.05) is 30.3 Å². The van der Waals surface area contributed by atoms with Gasteiger partial charge in [-0.25, -0.2) is 9.97 Å². The Morgan fingerprint density at radius 1 is 1.00 bits per heavy atom. The maximum absolute atomic E-state index is 4.74. The van der Waals surface area contributed by atoms with Crippen LogP contribution in [0.25, 0.3) is 0 Å². The molecule has 0 aliphatic carbocycles. The normalized spacial score (nSPS) is 12.3. The summed E-state index contributed by atoms with van der Waals surface area (Å²) in [6, 6.07) is 14.5. The lowest BCUT2D eigenvalue weighted by Gasteiger charge is -2.14. The molecule has 3 heterocycles. The summed E-state index contributed by atoms with van der Waals surface area (Å²) < 4.78 is 2.13. The third kappa shape index (κ3) is 3.68. The largest absolute Gasteiger partial charge is 0.348 e. The molecule has 2 N–H and O–H groups in total. The highest BCUT2D eigenvalue weighted by Crippen LogP contribution is 2.20. The SMILES string of the molecule is c1ccc(CCc2nc(C(Cc3cnc[nH]3)n3cccc3)n[nH]2)cc1. The first-order valence-electron chi connectivity index (χ1n) is 8.43. The van der Waals surface area contributed by atoms with Gasteiger partial charge in [-0.05, 0) is 24.1 Å². The number of aryl methyl sites for hydroxylation is 2. The predicted molar refractivity (Wildman–Crippen MR) is 95.1 cm³/mol. The molecule has 0 saturated heterocycles. The zero-order valence-corrected chi connectivity index (χ0v) is 13.8. The van der Waals surface area contributed by atoms with Gasteiger partial charge in [-0.3, -0.25) is 5.10 Å². The molecule has 6 nitrogen and oxygen atoms in total. The van der Waals surface area contributed by atoms with Crippen LogP contribution in [0.3, 0.4) is 0 Å². The molecule has 6 heteroatoms. The highest BCUT2D eigenvalue weighted by Gasteiger charge is 2.19. The third-order valence-corrected chi connectivity index (χ3v) is 4.30. The second kappa shape index (κ2) is 7.17. The number of H-pyrrole nitrogens is 2. The van der Waals surface area contributed by atoms with Gasteiger partial charge in [0.1, 0.15) is 11.9 Å². The van der Waals surface area contributed by atoms with Crippen LogP contribution in [0.1, 0.15) is 28.9 Å². The summed E-state index contributed by atoms with van der Waals surface area (Å²) >= 11 is 0. The average Bonchev–Trinajstić information content (AvgIpc) is 3.41. The van der Waals surface area contributed by atoms with Gasteiger partial charge in [-0.2, -0.15) is 5.10 Å². The molecule has 0 radical (unpaired) electrons. The van der Waals surface area contributed by atoms with E-state index in [0.717, 1.165) is 36.6 Å².